The van der Waals surface area contributed by atoms with Crippen LogP contribution in [0.5, 0.6) is 5.75 Å². The minimum Gasteiger partial charge on any atom is -0.481 e. The predicted molar refractivity (Wildman–Crippen MR) is 150 cm³/mol. The summed E-state index contributed by atoms with van der Waals surface area (Å²) in [7, 11) is -4.73. The van der Waals surface area contributed by atoms with Crippen LogP contribution in [0, 0.1) is 5.92 Å². The minimum absolute atomic E-state index is 0.0230. The molecule has 0 unspecified atom stereocenters. The number of amides is 3. The Labute approximate surface area is 240 Å². The van der Waals surface area contributed by atoms with Crippen LogP contribution >= 0.6 is 7.82 Å². The number of phosphoric ester groups is 1. The first-order valence-corrected chi connectivity index (χ1v) is 15.9. The molecule has 3 amide bonds. The first-order valence-electron chi connectivity index (χ1n) is 14.3. The molecule has 2 fully saturated rings. The van der Waals surface area contributed by atoms with Gasteiger partial charge in [0.05, 0.1) is 0 Å². The molecule has 1 aliphatic heterocycles. The monoisotopic (exact) mass is 595 g/mol. The maximum absolute atomic E-state index is 13.7. The average molecular weight is 596 g/mol. The lowest BCUT2D eigenvalue weighted by molar-refractivity contribution is -0.140. The summed E-state index contributed by atoms with van der Waals surface area (Å²) in [6.07, 6.45) is 9.57. The molecule has 1 aromatic carbocycles. The largest absolute Gasteiger partial charge is 0.524 e. The number of carboxylic acid groups (broad SMARTS) is 1. The van der Waals surface area contributed by atoms with Gasteiger partial charge in [0, 0.05) is 32.4 Å². The number of carbonyl (C=O) groups is 4. The second-order valence-corrected chi connectivity index (χ2v) is 12.2. The van der Waals surface area contributed by atoms with Gasteiger partial charge in [-0.2, -0.15) is 0 Å². The van der Waals surface area contributed by atoms with Crippen molar-refractivity contribution < 1.29 is 43.2 Å². The average Bonchev–Trinajstić information content (AvgIpc) is 3.38. The molecule has 0 radical (unpaired) electrons. The van der Waals surface area contributed by atoms with E-state index in [1.54, 1.807) is 4.90 Å². The highest BCUT2D eigenvalue weighted by atomic mass is 31.2. The van der Waals surface area contributed by atoms with Gasteiger partial charge >= 0.3 is 13.8 Å². The van der Waals surface area contributed by atoms with Crippen LogP contribution < -0.4 is 15.2 Å². The maximum atomic E-state index is 13.7. The van der Waals surface area contributed by atoms with E-state index < -0.39 is 37.7 Å². The Morgan fingerprint density at radius 2 is 1.66 bits per heavy atom. The van der Waals surface area contributed by atoms with Gasteiger partial charge in [0.25, 0.3) is 0 Å². The Morgan fingerprint density at radius 3 is 2.27 bits per heavy atom. The fourth-order valence-electron chi connectivity index (χ4n) is 5.84. The molecule has 5 N–H and O–H groups in total. The quantitative estimate of drug-likeness (QED) is 0.202. The standard InChI is InChI=1S/C28H42N3O9P/c1-19(32)29-25(18-21-10-13-23(14-11-21)40-41(37,38)39)27(35)30-24(15-16-26(33)34)28(36)31-17-5-8-22(31)12-9-20-6-3-2-4-7-20/h10-11,13-14,20,22,24-25H,2-9,12,15-18H2,1H3,(H,29,32)(H,30,35)(H,33,34)(H2,37,38,39)/t22-,24+,25+/m1/s1. The molecule has 3 rings (SSSR count). The van der Waals surface area contributed by atoms with Crippen LogP contribution in [0.2, 0.25) is 0 Å². The molecular weight excluding hydrogens is 553 g/mol. The summed E-state index contributed by atoms with van der Waals surface area (Å²) < 4.78 is 15.6. The number of phosphoric acid groups is 1. The van der Waals surface area contributed by atoms with Crippen LogP contribution in [0.3, 0.4) is 0 Å². The molecule has 1 aromatic rings. The summed E-state index contributed by atoms with van der Waals surface area (Å²) in [5.74, 6) is -1.86. The van der Waals surface area contributed by atoms with E-state index in [0.717, 1.165) is 25.7 Å². The fraction of sp³-hybridized carbons (Fsp3) is 0.643. The van der Waals surface area contributed by atoms with Crippen molar-refractivity contribution >= 4 is 31.5 Å². The van der Waals surface area contributed by atoms with E-state index in [9.17, 15) is 28.8 Å². The fourth-order valence-corrected chi connectivity index (χ4v) is 6.24. The zero-order chi connectivity index (χ0) is 30.0. The number of carbonyl (C=O) groups excluding carboxylic acids is 3. The van der Waals surface area contributed by atoms with Gasteiger partial charge in [-0.05, 0) is 55.7 Å². The Balaban J connectivity index is 1.69. The second-order valence-electron chi connectivity index (χ2n) is 11.1. The predicted octanol–water partition coefficient (Wildman–Crippen LogP) is 2.91. The number of rotatable bonds is 14. The van der Waals surface area contributed by atoms with E-state index >= 15 is 0 Å². The highest BCUT2D eigenvalue weighted by Crippen LogP contribution is 2.37. The number of hydrogen-bond acceptors (Lipinski definition) is 6. The Kier molecular flexibility index (Phi) is 12.2. The normalized spacial score (nSPS) is 19.3. The molecule has 13 heteroatoms. The number of nitrogens with zero attached hydrogens (tertiary/aromatic N) is 1. The Bertz CT molecular complexity index is 1100. The SMILES string of the molecule is CC(=O)N[C@@H](Cc1ccc(OP(=O)(O)O)cc1)C(=O)N[C@@H](CCC(=O)O)C(=O)N1CCC[C@@H]1CCC1CCCCC1. The molecule has 0 spiro atoms. The molecule has 0 bridgehead atoms. The van der Waals surface area contributed by atoms with Gasteiger partial charge in [0.1, 0.15) is 17.8 Å². The lowest BCUT2D eigenvalue weighted by Crippen LogP contribution is -2.55. The Morgan fingerprint density at radius 1 is 0.976 bits per heavy atom. The van der Waals surface area contributed by atoms with Gasteiger partial charge in [-0.3, -0.25) is 29.0 Å². The van der Waals surface area contributed by atoms with Crippen molar-refractivity contribution in [3.05, 3.63) is 29.8 Å². The first kappa shape index (κ1) is 32.6. The van der Waals surface area contributed by atoms with Crippen molar-refractivity contribution in [3.63, 3.8) is 0 Å². The zero-order valence-electron chi connectivity index (χ0n) is 23.5. The van der Waals surface area contributed by atoms with Crippen LogP contribution in [0.1, 0.15) is 83.1 Å². The molecule has 3 atom stereocenters. The van der Waals surface area contributed by atoms with E-state index in [4.69, 9.17) is 9.79 Å². The van der Waals surface area contributed by atoms with Gasteiger partial charge in [-0.1, -0.05) is 44.2 Å². The number of nitrogens with one attached hydrogen (secondary N) is 2. The number of likely N-dealkylation sites (tertiary alicyclic amines) is 1. The number of aliphatic carboxylic acids is 1. The van der Waals surface area contributed by atoms with Gasteiger partial charge < -0.3 is 25.2 Å². The van der Waals surface area contributed by atoms with Gasteiger partial charge in [0.15, 0.2) is 0 Å². The molecule has 1 saturated carbocycles. The second kappa shape index (κ2) is 15.3. The molecule has 0 aromatic heterocycles. The van der Waals surface area contributed by atoms with E-state index in [0.29, 0.717) is 18.0 Å². The van der Waals surface area contributed by atoms with Crippen LogP contribution in [-0.2, 0) is 30.2 Å². The van der Waals surface area contributed by atoms with Crippen molar-refractivity contribution in [3.8, 4) is 5.75 Å². The molecule has 2 aliphatic rings. The molecule has 1 aliphatic carbocycles. The number of carboxylic acids is 1. The van der Waals surface area contributed by atoms with Gasteiger partial charge in [0.2, 0.25) is 17.7 Å². The van der Waals surface area contributed by atoms with E-state index in [2.05, 4.69) is 15.2 Å². The molecule has 41 heavy (non-hydrogen) atoms. The van der Waals surface area contributed by atoms with E-state index in [1.807, 2.05) is 0 Å². The summed E-state index contributed by atoms with van der Waals surface area (Å²) in [5, 5.41) is 14.6. The summed E-state index contributed by atoms with van der Waals surface area (Å²) in [6.45, 7) is 1.82. The molecule has 228 valence electrons. The van der Waals surface area contributed by atoms with Crippen molar-refractivity contribution in [2.75, 3.05) is 6.54 Å². The van der Waals surface area contributed by atoms with Crippen LogP contribution in [0.4, 0.5) is 0 Å². The van der Waals surface area contributed by atoms with Crippen molar-refractivity contribution in [1.29, 1.82) is 0 Å². The van der Waals surface area contributed by atoms with Gasteiger partial charge in [-0.25, -0.2) is 4.57 Å². The lowest BCUT2D eigenvalue weighted by atomic mass is 9.85. The number of hydrogen-bond donors (Lipinski definition) is 5. The third-order valence-electron chi connectivity index (χ3n) is 7.84. The van der Waals surface area contributed by atoms with Crippen LogP contribution in [0.15, 0.2) is 24.3 Å². The lowest BCUT2D eigenvalue weighted by Gasteiger charge is -2.31. The highest BCUT2D eigenvalue weighted by molar-refractivity contribution is 7.46. The third kappa shape index (κ3) is 11.1. The molecular formula is C28H42N3O9P. The highest BCUT2D eigenvalue weighted by Gasteiger charge is 2.35. The minimum atomic E-state index is -4.73. The summed E-state index contributed by atoms with van der Waals surface area (Å²) in [6, 6.07) is 3.61. The maximum Gasteiger partial charge on any atom is 0.524 e. The van der Waals surface area contributed by atoms with Crippen molar-refractivity contribution in [2.45, 2.75) is 102 Å². The third-order valence-corrected chi connectivity index (χ3v) is 8.28. The zero-order valence-corrected chi connectivity index (χ0v) is 24.4. The van der Waals surface area contributed by atoms with Crippen molar-refractivity contribution in [2.24, 2.45) is 5.92 Å². The molecule has 1 saturated heterocycles. The van der Waals surface area contributed by atoms with Crippen LogP contribution in [0.25, 0.3) is 0 Å². The summed E-state index contributed by atoms with van der Waals surface area (Å²) in [4.78, 5) is 70.0. The summed E-state index contributed by atoms with van der Waals surface area (Å²) >= 11 is 0. The first-order chi connectivity index (χ1) is 19.4. The van der Waals surface area contributed by atoms with E-state index in [1.165, 1.54) is 63.3 Å². The molecule has 1 heterocycles. The van der Waals surface area contributed by atoms with Crippen LogP contribution in [-0.4, -0.2) is 68.2 Å². The molecule has 12 nitrogen and oxygen atoms in total. The van der Waals surface area contributed by atoms with Crippen molar-refractivity contribution in [1.82, 2.24) is 15.5 Å². The van der Waals surface area contributed by atoms with Gasteiger partial charge in [-0.15, -0.1) is 0 Å². The summed E-state index contributed by atoms with van der Waals surface area (Å²) in [5.41, 5.74) is 0.563. The number of benzene rings is 1. The smallest absolute Gasteiger partial charge is 0.481 e. The Hall–Kier alpha value is -2.95. The topological polar surface area (TPSA) is 183 Å². The van der Waals surface area contributed by atoms with E-state index in [-0.39, 0.29) is 37.0 Å².